The van der Waals surface area contributed by atoms with Crippen molar-refractivity contribution in [3.63, 3.8) is 0 Å². The normalized spacial score (nSPS) is 16.7. The number of benzene rings is 1. The zero-order valence-electron chi connectivity index (χ0n) is 15.8. The molecule has 1 N–H and O–H groups in total. The van der Waals surface area contributed by atoms with Crippen LogP contribution in [0.15, 0.2) is 35.3 Å². The zero-order valence-corrected chi connectivity index (χ0v) is 15.8. The van der Waals surface area contributed by atoms with Gasteiger partial charge in [0.05, 0.1) is 18.6 Å². The van der Waals surface area contributed by atoms with Gasteiger partial charge in [0.2, 0.25) is 0 Å². The average Bonchev–Trinajstić information content (AvgIpc) is 2.71. The Labute approximate surface area is 162 Å². The van der Waals surface area contributed by atoms with Gasteiger partial charge in [-0.2, -0.15) is 0 Å². The van der Waals surface area contributed by atoms with Gasteiger partial charge < -0.3 is 19.2 Å². The van der Waals surface area contributed by atoms with E-state index in [9.17, 15) is 14.9 Å². The number of ether oxygens (including phenoxy) is 3. The summed E-state index contributed by atoms with van der Waals surface area (Å²) in [7, 11) is 1.59. The highest BCUT2D eigenvalue weighted by Gasteiger charge is 2.23. The van der Waals surface area contributed by atoms with Gasteiger partial charge in [-0.15, -0.1) is 0 Å². The Morgan fingerprint density at radius 2 is 2.07 bits per heavy atom. The lowest BCUT2D eigenvalue weighted by atomic mass is 9.98. The van der Waals surface area contributed by atoms with Crippen LogP contribution in [0.2, 0.25) is 0 Å². The Kier molecular flexibility index (Phi) is 6.78. The summed E-state index contributed by atoms with van der Waals surface area (Å²) < 4.78 is 16.4. The van der Waals surface area contributed by atoms with Crippen molar-refractivity contribution < 1.29 is 19.1 Å². The van der Waals surface area contributed by atoms with Crippen LogP contribution < -0.4 is 10.3 Å². The molecule has 3 rings (SSSR count). The third kappa shape index (κ3) is 4.96. The fourth-order valence-corrected chi connectivity index (χ4v) is 3.33. The predicted molar refractivity (Wildman–Crippen MR) is 103 cm³/mol. The van der Waals surface area contributed by atoms with E-state index in [0.29, 0.717) is 24.2 Å². The van der Waals surface area contributed by atoms with Crippen molar-refractivity contribution in [3.8, 4) is 5.75 Å². The number of hydrogen-bond acceptors (Lipinski definition) is 6. The number of nitro groups is 1. The van der Waals surface area contributed by atoms with Gasteiger partial charge in [-0.05, 0) is 48.9 Å². The van der Waals surface area contributed by atoms with Crippen molar-refractivity contribution in [2.45, 2.75) is 38.4 Å². The molecular weight excluding hydrogens is 364 g/mol. The molecule has 1 aliphatic heterocycles. The molecule has 1 fully saturated rings. The first-order chi connectivity index (χ1) is 13.6. The topological polar surface area (TPSA) is 104 Å². The van der Waals surface area contributed by atoms with E-state index in [-0.39, 0.29) is 19.3 Å². The highest BCUT2D eigenvalue weighted by atomic mass is 16.7. The van der Waals surface area contributed by atoms with Crippen molar-refractivity contribution in [3.05, 3.63) is 67.6 Å². The molecule has 8 nitrogen and oxygen atoms in total. The highest BCUT2D eigenvalue weighted by Crippen LogP contribution is 2.23. The number of H-pyrrole nitrogens is 1. The number of nitrogens with zero attached hydrogens (tertiary/aromatic N) is 1. The molecule has 0 radical (unpaired) electrons. The minimum Gasteiger partial charge on any atom is -0.497 e. The molecule has 0 amide bonds. The van der Waals surface area contributed by atoms with Crippen LogP contribution in [0.4, 0.5) is 5.69 Å². The number of rotatable bonds is 8. The summed E-state index contributed by atoms with van der Waals surface area (Å²) in [6, 6.07) is 7.45. The fourth-order valence-electron chi connectivity index (χ4n) is 3.33. The standard InChI is InChI=1S/C20H24N2O6/c1-26-16-7-5-14(6-8-16)12-15-13-21-20(23)19(22(24)25)17(15)9-11-28-18-4-2-3-10-27-18/h5-8,13,18H,2-4,9-12H2,1H3,(H,21,23). The van der Waals surface area contributed by atoms with Crippen molar-refractivity contribution in [1.82, 2.24) is 4.98 Å². The van der Waals surface area contributed by atoms with E-state index in [1.165, 1.54) is 0 Å². The molecule has 1 atom stereocenters. The second-order valence-corrected chi connectivity index (χ2v) is 6.67. The van der Waals surface area contributed by atoms with Crippen molar-refractivity contribution >= 4 is 5.69 Å². The Bertz CT molecular complexity index is 856. The minimum atomic E-state index is -0.701. The van der Waals surface area contributed by atoms with Gasteiger partial charge in [0.1, 0.15) is 5.75 Å². The van der Waals surface area contributed by atoms with E-state index in [0.717, 1.165) is 30.6 Å². The van der Waals surface area contributed by atoms with Crippen LogP contribution in [0.25, 0.3) is 0 Å². The molecule has 1 aliphatic rings. The minimum absolute atomic E-state index is 0.255. The largest absolute Gasteiger partial charge is 0.497 e. The van der Waals surface area contributed by atoms with Crippen LogP contribution in [-0.2, 0) is 22.3 Å². The third-order valence-corrected chi connectivity index (χ3v) is 4.80. The van der Waals surface area contributed by atoms with E-state index in [1.54, 1.807) is 13.3 Å². The van der Waals surface area contributed by atoms with Gasteiger partial charge in [-0.1, -0.05) is 12.1 Å². The first-order valence-corrected chi connectivity index (χ1v) is 9.32. The van der Waals surface area contributed by atoms with E-state index >= 15 is 0 Å². The van der Waals surface area contributed by atoms with Crippen LogP contribution in [0.3, 0.4) is 0 Å². The fraction of sp³-hybridized carbons (Fsp3) is 0.450. The number of aromatic amines is 1. The molecule has 2 heterocycles. The molecule has 28 heavy (non-hydrogen) atoms. The van der Waals surface area contributed by atoms with E-state index in [2.05, 4.69) is 4.98 Å². The van der Waals surface area contributed by atoms with Gasteiger partial charge >= 0.3 is 11.2 Å². The molecule has 0 spiro atoms. The molecule has 0 bridgehead atoms. The zero-order chi connectivity index (χ0) is 19.9. The summed E-state index contributed by atoms with van der Waals surface area (Å²) in [5.74, 6) is 0.734. The molecule has 1 aromatic heterocycles. The lowest BCUT2D eigenvalue weighted by Crippen LogP contribution is -2.24. The number of nitrogens with one attached hydrogen (secondary N) is 1. The highest BCUT2D eigenvalue weighted by molar-refractivity contribution is 5.45. The SMILES string of the molecule is COc1ccc(Cc2c[nH]c(=O)c([N+](=O)[O-])c2CCOC2CCCCO2)cc1. The van der Waals surface area contributed by atoms with E-state index in [4.69, 9.17) is 14.2 Å². The quantitative estimate of drug-likeness (QED) is 0.551. The molecule has 1 aromatic carbocycles. The monoisotopic (exact) mass is 388 g/mol. The van der Waals surface area contributed by atoms with Gasteiger partial charge in [0, 0.05) is 24.8 Å². The number of hydrogen-bond donors (Lipinski definition) is 1. The number of methoxy groups -OCH3 is 1. The van der Waals surface area contributed by atoms with Crippen molar-refractivity contribution in [1.29, 1.82) is 0 Å². The maximum atomic E-state index is 12.1. The summed E-state index contributed by atoms with van der Waals surface area (Å²) in [5, 5.41) is 11.5. The van der Waals surface area contributed by atoms with E-state index in [1.807, 2.05) is 24.3 Å². The molecule has 0 aliphatic carbocycles. The maximum absolute atomic E-state index is 12.1. The Morgan fingerprint density at radius 3 is 2.71 bits per heavy atom. The second-order valence-electron chi connectivity index (χ2n) is 6.67. The smallest absolute Gasteiger partial charge is 0.337 e. The molecule has 0 saturated carbocycles. The summed E-state index contributed by atoms with van der Waals surface area (Å²) >= 11 is 0. The van der Waals surface area contributed by atoms with Crippen molar-refractivity contribution in [2.24, 2.45) is 0 Å². The second kappa shape index (κ2) is 9.48. The first-order valence-electron chi connectivity index (χ1n) is 9.32. The Morgan fingerprint density at radius 1 is 1.29 bits per heavy atom. The van der Waals surface area contributed by atoms with Crippen LogP contribution in [0, 0.1) is 10.1 Å². The third-order valence-electron chi connectivity index (χ3n) is 4.80. The van der Waals surface area contributed by atoms with Gasteiger partial charge in [-0.3, -0.25) is 14.9 Å². The van der Waals surface area contributed by atoms with Crippen molar-refractivity contribution in [2.75, 3.05) is 20.3 Å². The molecule has 1 saturated heterocycles. The number of pyridine rings is 1. The van der Waals surface area contributed by atoms with Gasteiger partial charge in [-0.25, -0.2) is 0 Å². The Hall–Kier alpha value is -2.71. The first kappa shape index (κ1) is 20.0. The van der Waals surface area contributed by atoms with Crippen LogP contribution >= 0.6 is 0 Å². The van der Waals surface area contributed by atoms with E-state index < -0.39 is 16.2 Å². The molecular formula is C20H24N2O6. The summed E-state index contributed by atoms with van der Waals surface area (Å²) in [4.78, 5) is 25.4. The lowest BCUT2D eigenvalue weighted by molar-refractivity contribution is -0.387. The molecule has 8 heteroatoms. The summed E-state index contributed by atoms with van der Waals surface area (Å²) in [6.45, 7) is 0.920. The summed E-state index contributed by atoms with van der Waals surface area (Å²) in [6.07, 6.45) is 4.87. The number of aromatic nitrogens is 1. The predicted octanol–water partition coefficient (Wildman–Crippen LogP) is 2.97. The lowest BCUT2D eigenvalue weighted by Gasteiger charge is -2.22. The van der Waals surface area contributed by atoms with Gasteiger partial charge in [0.25, 0.3) is 0 Å². The van der Waals surface area contributed by atoms with Gasteiger partial charge in [0.15, 0.2) is 6.29 Å². The molecule has 1 unspecified atom stereocenters. The maximum Gasteiger partial charge on any atom is 0.337 e. The average molecular weight is 388 g/mol. The molecule has 150 valence electrons. The molecule has 2 aromatic rings. The van der Waals surface area contributed by atoms with Crippen LogP contribution in [0.5, 0.6) is 5.75 Å². The summed E-state index contributed by atoms with van der Waals surface area (Å²) in [5.41, 5.74) is 0.941. The van der Waals surface area contributed by atoms with Crippen LogP contribution in [-0.4, -0.2) is 36.5 Å². The Balaban J connectivity index is 1.80. The van der Waals surface area contributed by atoms with Crippen LogP contribution in [0.1, 0.15) is 36.0 Å².